The van der Waals surface area contributed by atoms with Crippen LogP contribution in [0.25, 0.3) is 9.44 Å². The number of aryl methyl sites for hydroxylation is 6. The first-order valence-electron chi connectivity index (χ1n) is 31.1. The van der Waals surface area contributed by atoms with Crippen LogP contribution in [0.4, 0.5) is 4.39 Å². The molecule has 544 valence electrons. The predicted molar refractivity (Wildman–Crippen MR) is 380 cm³/mol. The van der Waals surface area contributed by atoms with Gasteiger partial charge in [0, 0.05) is 88.3 Å². The van der Waals surface area contributed by atoms with Gasteiger partial charge in [-0.15, -0.1) is 13.1 Å². The third-order valence-corrected chi connectivity index (χ3v) is 24.7. The van der Waals surface area contributed by atoms with Gasteiger partial charge in [-0.1, -0.05) is 140 Å². The SMILES string of the molecule is C.C1CNCCNCCN1.CCCC.Cc1ccc(S(=O)(=O)N2CCN(S(=O)(=O)c3ccc(C)cc3)CCN(S(=O)(=O)c3ccc(C)cc3)CC2)cc1.Cc1ccc(S(=O)(=O)[N-]CCN(CC[N-]S(=O)(=O)c2ccc(C)cc2)S(=O)(=O)c2ccc(C)cc2)cc1.O=S(=O)(O)O.[2H]CF.[Na+].[Na+]. The van der Waals surface area contributed by atoms with Crippen molar-refractivity contribution in [2.24, 2.45) is 0 Å². The first kappa shape index (κ1) is 93.5. The third-order valence-electron chi connectivity index (χ3n) is 14.2. The van der Waals surface area contributed by atoms with E-state index in [0.717, 1.165) is 89.9 Å². The van der Waals surface area contributed by atoms with Gasteiger partial charge < -0.3 is 25.4 Å². The van der Waals surface area contributed by atoms with Crippen LogP contribution in [0.1, 0.15) is 68.9 Å². The Labute approximate surface area is 635 Å². The molecule has 0 aliphatic carbocycles. The fourth-order valence-electron chi connectivity index (χ4n) is 8.54. The summed E-state index contributed by atoms with van der Waals surface area (Å²) >= 11 is 0. The molecule has 35 heteroatoms. The number of benzene rings is 6. The van der Waals surface area contributed by atoms with Gasteiger partial charge in [-0.25, -0.2) is 54.8 Å². The van der Waals surface area contributed by atoms with Crippen LogP contribution in [0, 0.1) is 41.5 Å². The molecule has 0 saturated carbocycles. The average Bonchev–Trinajstić information content (AvgIpc) is 1.37. The molecule has 0 spiro atoms. The zero-order chi connectivity index (χ0) is 72.7. The molecule has 5 N–H and O–H groups in total. The van der Waals surface area contributed by atoms with E-state index in [1.54, 1.807) is 72.8 Å². The average molecular weight is 1540 g/mol. The largest absolute Gasteiger partial charge is 1.00 e. The minimum absolute atomic E-state index is 0. The standard InChI is InChI=1S/C27H33N3O6S3.C25H29N3O6S3.C6H15N3.C4H10.CH3F.CH4.2Na.H2O4S/c1-22-4-10-25(11-5-22)37(31,32)28-16-18-29(38(33,34)26-12-6-23(2)7-13-26)20-21-30(19-17-28)39(35,36)27-14-8-24(3)9-15-27;1-20-4-10-23(11-5-20)35(29,30)26-16-18-28(37(33,34)25-14-8-22(3)9-15-25)19-17-27-36(31,32)24-12-6-21(2)7-13-24;1-2-8-5-6-9-4-3-7-1;1-3-4-2;1-2;;;;1-5(2,3)4/h4-15H,16-21H2,1-3H3;4-15H,16-19H2,1-3H3;7-9H,1-6H2;3-4H2,1-2H3;1H3;1H4;;;(H2,1,2,3,4)/q;-2;;;;;2*+1;/i;;;;1D;;;;. The van der Waals surface area contributed by atoms with Gasteiger partial charge in [-0.05, 0) is 127 Å². The number of hydrogen-bond acceptors (Lipinski definition) is 17. The van der Waals surface area contributed by atoms with E-state index in [4.69, 9.17) is 18.9 Å². The van der Waals surface area contributed by atoms with Crippen LogP contribution in [0.3, 0.4) is 0 Å². The number of unbranched alkanes of at least 4 members (excludes halogenated alkanes) is 1. The summed E-state index contributed by atoms with van der Waals surface area (Å²) in [6, 6.07) is 37.6. The Balaban J connectivity index is 0.00000149. The Morgan fingerprint density at radius 3 is 0.768 bits per heavy atom. The second kappa shape index (κ2) is 46.3. The summed E-state index contributed by atoms with van der Waals surface area (Å²) in [6.07, 6.45) is 2.64. The van der Waals surface area contributed by atoms with Crippen LogP contribution in [0.5, 0.6) is 0 Å². The summed E-state index contributed by atoms with van der Waals surface area (Å²) < 4.78 is 218. The molecular formula is C64H96FN9Na2O16S7. The second-order valence-electron chi connectivity index (χ2n) is 21.8. The normalized spacial score (nSPS) is 14.8. The molecule has 99 heavy (non-hydrogen) atoms. The van der Waals surface area contributed by atoms with Crippen molar-refractivity contribution in [3.05, 3.63) is 188 Å². The van der Waals surface area contributed by atoms with Crippen LogP contribution >= 0.6 is 0 Å². The van der Waals surface area contributed by atoms with Crippen LogP contribution < -0.4 is 75.1 Å². The smallest absolute Gasteiger partial charge is 0.544 e. The van der Waals surface area contributed by atoms with E-state index in [1.165, 1.54) is 85.6 Å². The number of alkyl halides is 1. The van der Waals surface area contributed by atoms with E-state index in [-0.39, 0.29) is 161 Å². The molecule has 6 aromatic rings. The summed E-state index contributed by atoms with van der Waals surface area (Å²) in [7, 11) is -29.8. The number of halogens is 1. The van der Waals surface area contributed by atoms with E-state index in [0.29, 0.717) is 0 Å². The predicted octanol–water partition coefficient (Wildman–Crippen LogP) is 2.28. The topological polar surface area (TPSA) is 357 Å². The zero-order valence-electron chi connectivity index (χ0n) is 58.3. The van der Waals surface area contributed by atoms with Gasteiger partial charge in [-0.3, -0.25) is 13.5 Å². The second-order valence-corrected chi connectivity index (χ2v) is 33.9. The number of sulfonamides is 6. The summed E-state index contributed by atoms with van der Waals surface area (Å²) in [6.45, 7) is 20.0. The maximum Gasteiger partial charge on any atom is 1.00 e. The molecule has 2 heterocycles. The van der Waals surface area contributed by atoms with Gasteiger partial charge >= 0.3 is 69.5 Å². The molecule has 0 amide bonds. The monoisotopic (exact) mass is 1540 g/mol. The Morgan fingerprint density at radius 1 is 0.394 bits per heavy atom. The fourth-order valence-corrected chi connectivity index (χ4v) is 16.1. The first-order valence-corrected chi connectivity index (χ1v) is 40.4. The number of rotatable bonds is 19. The first-order chi connectivity index (χ1) is 45.5. The number of hydrogen-bond donors (Lipinski definition) is 5. The third kappa shape index (κ3) is 33.4. The molecule has 2 saturated heterocycles. The molecule has 0 atom stereocenters. The van der Waals surface area contributed by atoms with Crippen molar-refractivity contribution in [1.29, 1.82) is 0 Å². The minimum atomic E-state index is -4.67. The van der Waals surface area contributed by atoms with Crippen molar-refractivity contribution in [2.75, 3.05) is 112 Å². The van der Waals surface area contributed by atoms with E-state index in [2.05, 4.69) is 39.2 Å². The summed E-state index contributed by atoms with van der Waals surface area (Å²) in [5, 5.41) is 9.91. The Hall–Kier alpha value is -3.54. The van der Waals surface area contributed by atoms with Gasteiger partial charge in [0.1, 0.15) is 20.0 Å². The van der Waals surface area contributed by atoms with Gasteiger partial charge in [0.05, 0.1) is 28.1 Å². The van der Waals surface area contributed by atoms with Crippen LogP contribution in [0.15, 0.2) is 175 Å². The Morgan fingerprint density at radius 2 is 0.576 bits per heavy atom. The van der Waals surface area contributed by atoms with Gasteiger partial charge in [-0.2, -0.15) is 21.3 Å². The number of nitrogens with zero attached hydrogens (tertiary/aromatic N) is 6. The maximum atomic E-state index is 13.6. The fraction of sp³-hybridized carbons (Fsp3) is 0.438. The molecule has 25 nitrogen and oxygen atoms in total. The quantitative estimate of drug-likeness (QED) is 0.0573. The minimum Gasteiger partial charge on any atom is -0.544 e. The molecule has 0 unspecified atom stereocenters. The number of nitrogens with one attached hydrogen (secondary N) is 3. The Kier molecular flexibility index (Phi) is 43.7. The van der Waals surface area contributed by atoms with Crippen molar-refractivity contribution in [3.63, 3.8) is 0 Å². The van der Waals surface area contributed by atoms with Gasteiger partial charge in [0.2, 0.25) is 40.1 Å². The molecule has 0 radical (unpaired) electrons. The van der Waals surface area contributed by atoms with Crippen molar-refractivity contribution in [2.45, 2.75) is 105 Å². The van der Waals surface area contributed by atoms with E-state index >= 15 is 0 Å². The van der Waals surface area contributed by atoms with Crippen molar-refractivity contribution < 1.29 is 133 Å². The molecular weight excluding hydrogens is 1440 g/mol. The molecule has 2 aliphatic rings. The van der Waals surface area contributed by atoms with Crippen molar-refractivity contribution >= 4 is 70.5 Å². The summed E-state index contributed by atoms with van der Waals surface area (Å²) in [5.74, 6) is 0. The molecule has 2 fully saturated rings. The summed E-state index contributed by atoms with van der Waals surface area (Å²) in [5.41, 5.74) is 5.32. The van der Waals surface area contributed by atoms with E-state index in [9.17, 15) is 54.9 Å². The molecule has 0 aromatic heterocycles. The zero-order valence-corrected chi connectivity index (χ0v) is 67.0. The van der Waals surface area contributed by atoms with E-state index < -0.39 is 77.7 Å². The van der Waals surface area contributed by atoms with Crippen LogP contribution in [-0.2, 0) is 70.5 Å². The van der Waals surface area contributed by atoms with Crippen molar-refractivity contribution in [1.82, 2.24) is 33.2 Å². The van der Waals surface area contributed by atoms with Crippen LogP contribution in [-0.4, -0.2) is 197 Å². The van der Waals surface area contributed by atoms with Gasteiger partial charge in [0.25, 0.3) is 0 Å². The molecule has 0 bridgehead atoms. The molecule has 8 rings (SSSR count). The van der Waals surface area contributed by atoms with Crippen LogP contribution in [0.2, 0.25) is 0 Å². The Bertz CT molecular complexity index is 3840. The molecule has 6 aromatic carbocycles. The van der Waals surface area contributed by atoms with Crippen molar-refractivity contribution in [3.8, 4) is 0 Å². The molecule has 2 aliphatic heterocycles. The van der Waals surface area contributed by atoms with E-state index in [1.807, 2.05) is 41.5 Å². The summed E-state index contributed by atoms with van der Waals surface area (Å²) in [4.78, 5) is 0.200. The maximum absolute atomic E-state index is 13.6. The van der Waals surface area contributed by atoms with Gasteiger partial charge in [0.15, 0.2) is 0 Å².